The fourth-order valence-electron chi connectivity index (χ4n) is 7.24. The van der Waals surface area contributed by atoms with Crippen LogP contribution in [0.1, 0.15) is 54.3 Å². The number of methoxy groups -OCH3 is 1. The average Bonchev–Trinajstić information content (AvgIpc) is 3.29. The molecule has 0 radical (unpaired) electrons. The van der Waals surface area contributed by atoms with E-state index in [0.29, 0.717) is 65.1 Å². The van der Waals surface area contributed by atoms with Gasteiger partial charge in [-0.25, -0.2) is 9.59 Å². The van der Waals surface area contributed by atoms with Crippen LogP contribution >= 0.6 is 7.92 Å². The Kier molecular flexibility index (Phi) is 13.0. The van der Waals surface area contributed by atoms with Crippen molar-refractivity contribution in [1.82, 2.24) is 10.6 Å². The molecule has 308 valence electrons. The first-order valence-electron chi connectivity index (χ1n) is 19.8. The molecular formula is C49H45N4O7P. The monoisotopic (exact) mass is 832 g/mol. The number of esters is 1. The summed E-state index contributed by atoms with van der Waals surface area (Å²) in [6.45, 7) is 0.658. The van der Waals surface area contributed by atoms with Crippen molar-refractivity contribution in [3.05, 3.63) is 161 Å². The van der Waals surface area contributed by atoms with E-state index < -0.39 is 25.8 Å². The smallest absolute Gasteiger partial charge is 0.338 e. The minimum atomic E-state index is -1.19. The number of carbonyl (C=O) groups is 4. The van der Waals surface area contributed by atoms with Crippen molar-refractivity contribution in [2.75, 3.05) is 46.2 Å². The van der Waals surface area contributed by atoms with Gasteiger partial charge in [0.2, 0.25) is 0 Å². The van der Waals surface area contributed by atoms with Crippen LogP contribution in [0.2, 0.25) is 0 Å². The Morgan fingerprint density at radius 3 is 1.90 bits per heavy atom. The molecule has 5 aromatic carbocycles. The molecule has 11 nitrogen and oxygen atoms in total. The van der Waals surface area contributed by atoms with Crippen LogP contribution in [-0.2, 0) is 4.74 Å². The Morgan fingerprint density at radius 2 is 1.31 bits per heavy atom. The second-order valence-electron chi connectivity index (χ2n) is 14.5. The summed E-state index contributed by atoms with van der Waals surface area (Å²) in [6, 6.07) is 40.9. The highest BCUT2D eigenvalue weighted by molar-refractivity contribution is 7.80. The number of ether oxygens (including phenoxy) is 1. The summed E-state index contributed by atoms with van der Waals surface area (Å²) < 4.78 is 11.5. The Labute approximate surface area is 354 Å². The number of unbranched alkanes of at least 4 members (excludes halogenated alkanes) is 1. The predicted octanol–water partition coefficient (Wildman–Crippen LogP) is 6.98. The highest BCUT2D eigenvalue weighted by Crippen LogP contribution is 2.42. The first kappa shape index (κ1) is 42.0. The van der Waals surface area contributed by atoms with E-state index in [9.17, 15) is 24.3 Å². The van der Waals surface area contributed by atoms with Gasteiger partial charge in [-0.2, -0.15) is 0 Å². The predicted molar refractivity (Wildman–Crippen MR) is 241 cm³/mol. The van der Waals surface area contributed by atoms with Gasteiger partial charge in [0.05, 0.1) is 23.6 Å². The Hall–Kier alpha value is -7.10. The highest BCUT2D eigenvalue weighted by Gasteiger charge is 2.26. The lowest BCUT2D eigenvalue weighted by Crippen LogP contribution is -2.30. The third-order valence-corrected chi connectivity index (χ3v) is 12.8. The number of rotatable bonds is 14. The molecule has 0 saturated heterocycles. The molecule has 0 atom stereocenters. The maximum Gasteiger partial charge on any atom is 0.338 e. The quantitative estimate of drug-likeness (QED) is 0.0460. The zero-order chi connectivity index (χ0) is 43.0. The maximum absolute atomic E-state index is 13.5. The Balaban J connectivity index is 1.03. The Bertz CT molecular complexity index is 2750. The van der Waals surface area contributed by atoms with Crippen molar-refractivity contribution < 1.29 is 33.4 Å². The van der Waals surface area contributed by atoms with E-state index in [4.69, 9.17) is 9.15 Å². The molecule has 3 N–H and O–H groups in total. The molecule has 5 aromatic rings. The lowest BCUT2D eigenvalue weighted by molar-refractivity contribution is 0.0600. The number of amides is 2. The van der Waals surface area contributed by atoms with Gasteiger partial charge in [0, 0.05) is 85.0 Å². The average molecular weight is 833 g/mol. The molecular weight excluding hydrogens is 788 g/mol. The summed E-state index contributed by atoms with van der Waals surface area (Å²) in [5.41, 5.74) is 4.35. The number of hydrogen-bond acceptors (Lipinski definition) is 8. The van der Waals surface area contributed by atoms with E-state index in [0.717, 1.165) is 32.3 Å². The standard InChI is InChI=1S/C49H45N4O7P/c1-50-33-19-23-38-42(29-33)60-43-30-34(53(2)3)20-24-39(43)45(38)37-21-17-31(27-41(37)48(56)57)46(54)51-25-11-12-26-52-47(55)32-18-22-40(49(58)59-4)44(28-32)61(35-13-7-5-8-14-35)36-15-9-6-10-16-36/h5-10,13-24,27-30H,11-12,25-26H2,1-4H3,(H,51,54)(H,52,55)(H,56,57). The summed E-state index contributed by atoms with van der Waals surface area (Å²) in [6.07, 6.45) is 1.13. The van der Waals surface area contributed by atoms with Gasteiger partial charge in [0.15, 0.2) is 0 Å². The Morgan fingerprint density at radius 1 is 0.705 bits per heavy atom. The number of benzene rings is 6. The van der Waals surface area contributed by atoms with Crippen LogP contribution in [0.15, 0.2) is 143 Å². The number of anilines is 1. The van der Waals surface area contributed by atoms with Crippen LogP contribution in [0, 0.1) is 0 Å². The summed E-state index contributed by atoms with van der Waals surface area (Å²) in [5.74, 6) is -1.79. The molecule has 0 unspecified atom stereocenters. The molecule has 0 fully saturated rings. The zero-order valence-electron chi connectivity index (χ0n) is 34.3. The van der Waals surface area contributed by atoms with E-state index in [1.54, 1.807) is 37.4 Å². The first-order chi connectivity index (χ1) is 29.6. The van der Waals surface area contributed by atoms with E-state index in [1.807, 2.05) is 116 Å². The van der Waals surface area contributed by atoms with Crippen LogP contribution < -0.4 is 36.8 Å². The second kappa shape index (κ2) is 18.9. The number of carboxylic acid groups (broad SMARTS) is 1. The lowest BCUT2D eigenvalue weighted by atomic mass is 9.89. The van der Waals surface area contributed by atoms with Gasteiger partial charge >= 0.3 is 11.9 Å². The van der Waals surface area contributed by atoms with E-state index >= 15 is 0 Å². The van der Waals surface area contributed by atoms with Crippen molar-refractivity contribution in [3.8, 4) is 22.5 Å². The zero-order valence-corrected chi connectivity index (χ0v) is 35.2. The number of carboxylic acids is 1. The third-order valence-electron chi connectivity index (χ3n) is 10.4. The van der Waals surface area contributed by atoms with E-state index in [-0.39, 0.29) is 17.0 Å². The number of hydrogen-bond donors (Lipinski definition) is 3. The fourth-order valence-corrected chi connectivity index (χ4v) is 9.71. The molecule has 0 saturated carbocycles. The van der Waals surface area contributed by atoms with Crippen molar-refractivity contribution >= 4 is 64.2 Å². The summed E-state index contributed by atoms with van der Waals surface area (Å²) >= 11 is 0. The van der Waals surface area contributed by atoms with E-state index in [1.165, 1.54) is 13.2 Å². The van der Waals surface area contributed by atoms with Crippen LogP contribution in [0.5, 0.6) is 0 Å². The van der Waals surface area contributed by atoms with Gasteiger partial charge in [-0.05, 0) is 91.5 Å². The third kappa shape index (κ3) is 9.22. The maximum atomic E-state index is 13.5. The van der Waals surface area contributed by atoms with Crippen LogP contribution in [0.25, 0.3) is 33.4 Å². The van der Waals surface area contributed by atoms with Crippen LogP contribution in [0.4, 0.5) is 5.69 Å². The minimum Gasteiger partial charge on any atom is -0.478 e. The molecule has 7 rings (SSSR count). The molecule has 1 aliphatic heterocycles. The second-order valence-corrected chi connectivity index (χ2v) is 16.7. The van der Waals surface area contributed by atoms with Gasteiger partial charge in [-0.15, -0.1) is 0 Å². The molecule has 61 heavy (non-hydrogen) atoms. The highest BCUT2D eigenvalue weighted by atomic mass is 31.1. The molecule has 1 heterocycles. The minimum absolute atomic E-state index is 0.0204. The number of carbonyl (C=O) groups excluding carboxylic acids is 3. The summed E-state index contributed by atoms with van der Waals surface area (Å²) in [7, 11) is 5.71. The van der Waals surface area contributed by atoms with E-state index in [2.05, 4.69) is 15.6 Å². The molecule has 12 heteroatoms. The molecule has 2 amide bonds. The van der Waals surface area contributed by atoms with Gasteiger partial charge in [0.25, 0.3) is 11.8 Å². The summed E-state index contributed by atoms with van der Waals surface area (Å²) in [5, 5.41) is 20.5. The van der Waals surface area contributed by atoms with Crippen LogP contribution in [0.3, 0.4) is 0 Å². The van der Waals surface area contributed by atoms with Crippen molar-refractivity contribution in [2.45, 2.75) is 12.8 Å². The largest absolute Gasteiger partial charge is 0.478 e. The normalized spacial score (nSPS) is 11.5. The molecule has 0 spiro atoms. The number of nitrogens with zero attached hydrogens (tertiary/aromatic N) is 2. The molecule has 0 bridgehead atoms. The van der Waals surface area contributed by atoms with Gasteiger partial charge in [0.1, 0.15) is 11.3 Å². The number of fused-ring (bicyclic) bond motifs is 2. The SMILES string of the molecule is CN=c1ccc2c(-c3ccc(C(=O)NCCCCNC(=O)c4ccc(C(=O)OC)c(P(c5ccccc5)c5ccccc5)c4)cc3C(=O)O)c3ccc(N(C)C)cc3oc-2c1. The molecule has 2 aliphatic rings. The summed E-state index contributed by atoms with van der Waals surface area (Å²) in [4.78, 5) is 58.8. The van der Waals surface area contributed by atoms with Gasteiger partial charge in [-0.1, -0.05) is 66.7 Å². The van der Waals surface area contributed by atoms with Crippen molar-refractivity contribution in [1.29, 1.82) is 0 Å². The number of aromatic carboxylic acids is 1. The van der Waals surface area contributed by atoms with Crippen molar-refractivity contribution in [3.63, 3.8) is 0 Å². The van der Waals surface area contributed by atoms with Crippen LogP contribution in [-0.4, -0.2) is 70.2 Å². The van der Waals surface area contributed by atoms with Crippen molar-refractivity contribution in [2.24, 2.45) is 4.99 Å². The topological polar surface area (TPSA) is 151 Å². The van der Waals surface area contributed by atoms with Gasteiger partial charge in [-0.3, -0.25) is 14.6 Å². The first-order valence-corrected chi connectivity index (χ1v) is 21.1. The molecule has 0 aromatic heterocycles. The molecule has 1 aliphatic carbocycles. The lowest BCUT2D eigenvalue weighted by Gasteiger charge is -2.22. The number of nitrogens with one attached hydrogen (secondary N) is 2. The fraction of sp³-hybridized carbons (Fsp3) is 0.163. The van der Waals surface area contributed by atoms with Gasteiger partial charge < -0.3 is 29.8 Å².